The molecule has 4 bridgehead atoms. The SMILES string of the molecule is CC(C)CC12CC(C)(C1)C2.CC(C)CC12CCC(C(=O)O)(C1)C2.CC(C)CC1CC(C(=O)O)C1.CC(C)CC1CCC1C. The van der Waals surface area contributed by atoms with Gasteiger partial charge in [-0.25, -0.2) is 0 Å². The van der Waals surface area contributed by atoms with Gasteiger partial charge >= 0.3 is 11.9 Å². The van der Waals surface area contributed by atoms with Crippen LogP contribution in [0, 0.1) is 69.0 Å². The van der Waals surface area contributed by atoms with Crippen LogP contribution in [0.15, 0.2) is 0 Å². The van der Waals surface area contributed by atoms with Gasteiger partial charge in [-0.2, -0.15) is 0 Å². The van der Waals surface area contributed by atoms with Gasteiger partial charge in [0.15, 0.2) is 0 Å². The first-order valence-electron chi connectivity index (χ1n) is 18.3. The van der Waals surface area contributed by atoms with Crippen molar-refractivity contribution >= 4 is 11.9 Å². The van der Waals surface area contributed by atoms with Crippen LogP contribution in [0.1, 0.15) is 166 Å². The van der Waals surface area contributed by atoms with E-state index in [1.165, 1.54) is 57.8 Å². The zero-order valence-corrected chi connectivity index (χ0v) is 29.9. The van der Waals surface area contributed by atoms with Crippen LogP contribution in [0.5, 0.6) is 0 Å². The lowest BCUT2D eigenvalue weighted by Gasteiger charge is -2.70. The maximum atomic E-state index is 11.0. The van der Waals surface area contributed by atoms with Gasteiger partial charge in [0.05, 0.1) is 11.3 Å². The van der Waals surface area contributed by atoms with E-state index >= 15 is 0 Å². The van der Waals surface area contributed by atoms with E-state index in [1.54, 1.807) is 0 Å². The molecule has 0 radical (unpaired) electrons. The van der Waals surface area contributed by atoms with Gasteiger partial charge in [0, 0.05) is 0 Å². The summed E-state index contributed by atoms with van der Waals surface area (Å²) < 4.78 is 0. The molecule has 250 valence electrons. The second kappa shape index (κ2) is 14.1. The molecule has 0 saturated heterocycles. The normalized spacial score (nSPS) is 39.4. The van der Waals surface area contributed by atoms with Crippen molar-refractivity contribution in [1.82, 2.24) is 0 Å². The van der Waals surface area contributed by atoms with Gasteiger partial charge in [0.1, 0.15) is 0 Å². The number of fused-ring (bicyclic) bond motifs is 1. The molecular formula is C39H70O4. The van der Waals surface area contributed by atoms with Gasteiger partial charge in [-0.3, -0.25) is 9.59 Å². The summed E-state index contributed by atoms with van der Waals surface area (Å²) in [7, 11) is 0. The van der Waals surface area contributed by atoms with Crippen LogP contribution in [-0.4, -0.2) is 22.2 Å². The van der Waals surface area contributed by atoms with Crippen LogP contribution >= 0.6 is 0 Å². The number of hydrogen-bond acceptors (Lipinski definition) is 2. The average Bonchev–Trinajstić information content (AvgIpc) is 3.34. The standard InChI is InChI=1S/C11H18O2.C10H18.C9H16O2.C9H18/c1-8(2)5-10-3-4-11(6-10,7-10)9(12)13;1-8(2)4-10-5-9(3,6-10)7-10;1-6(2)3-7-4-8(5-7)9(10)11;1-7(2)6-9-5-4-8(9)3/h8H,3-7H2,1-2H3,(H,12,13);8H,4-7H2,1-3H3;6-8H,3-5H2,1-2H3,(H,10,11);7-9H,4-6H2,1-3H3. The minimum atomic E-state index is -0.606. The van der Waals surface area contributed by atoms with E-state index in [9.17, 15) is 9.59 Å². The van der Waals surface area contributed by atoms with Crippen molar-refractivity contribution in [1.29, 1.82) is 0 Å². The lowest BCUT2D eigenvalue weighted by Crippen LogP contribution is -2.60. The van der Waals surface area contributed by atoms with Crippen molar-refractivity contribution < 1.29 is 19.8 Å². The molecule has 2 unspecified atom stereocenters. The molecule has 8 saturated carbocycles. The molecule has 0 aromatic carbocycles. The highest BCUT2D eigenvalue weighted by molar-refractivity contribution is 5.77. The number of aliphatic carboxylic acids is 2. The molecule has 2 N–H and O–H groups in total. The van der Waals surface area contributed by atoms with E-state index in [4.69, 9.17) is 10.2 Å². The third kappa shape index (κ3) is 9.48. The van der Waals surface area contributed by atoms with Gasteiger partial charge in [0.2, 0.25) is 0 Å². The molecule has 8 fully saturated rings. The summed E-state index contributed by atoms with van der Waals surface area (Å²) in [6.45, 7) is 23.0. The molecule has 4 nitrogen and oxygen atoms in total. The predicted octanol–water partition coefficient (Wildman–Crippen LogP) is 11.1. The van der Waals surface area contributed by atoms with Crippen LogP contribution in [0.3, 0.4) is 0 Å². The van der Waals surface area contributed by atoms with E-state index in [1.807, 2.05) is 0 Å². The van der Waals surface area contributed by atoms with Crippen molar-refractivity contribution in [3.63, 3.8) is 0 Å². The smallest absolute Gasteiger partial charge is 0.309 e. The Morgan fingerprint density at radius 2 is 1.21 bits per heavy atom. The van der Waals surface area contributed by atoms with Gasteiger partial charge < -0.3 is 10.2 Å². The molecule has 8 aliphatic carbocycles. The third-order valence-electron chi connectivity index (χ3n) is 12.1. The van der Waals surface area contributed by atoms with Gasteiger partial charge in [-0.1, -0.05) is 75.7 Å². The summed E-state index contributed by atoms with van der Waals surface area (Å²) in [6, 6.07) is 0. The van der Waals surface area contributed by atoms with Crippen molar-refractivity contribution in [2.45, 2.75) is 166 Å². The Hall–Kier alpha value is -1.06. The minimum Gasteiger partial charge on any atom is -0.481 e. The third-order valence-corrected chi connectivity index (χ3v) is 12.1. The maximum Gasteiger partial charge on any atom is 0.309 e. The first-order valence-corrected chi connectivity index (χ1v) is 18.3. The average molecular weight is 603 g/mol. The summed E-state index contributed by atoms with van der Waals surface area (Å²) in [6.07, 6.45) is 18.8. The van der Waals surface area contributed by atoms with E-state index in [-0.39, 0.29) is 11.3 Å². The first-order chi connectivity index (χ1) is 19.8. The van der Waals surface area contributed by atoms with Crippen LogP contribution in [0.2, 0.25) is 0 Å². The fourth-order valence-electron chi connectivity index (χ4n) is 10.7. The van der Waals surface area contributed by atoms with E-state index < -0.39 is 11.9 Å². The summed E-state index contributed by atoms with van der Waals surface area (Å²) in [5.74, 6) is 4.88. The van der Waals surface area contributed by atoms with Crippen LogP contribution in [0.4, 0.5) is 0 Å². The van der Waals surface area contributed by atoms with Crippen molar-refractivity contribution in [2.24, 2.45) is 69.0 Å². The number of hydrogen-bond donors (Lipinski definition) is 2. The Morgan fingerprint density at radius 3 is 1.51 bits per heavy atom. The molecule has 2 atom stereocenters. The molecule has 8 rings (SSSR count). The largest absolute Gasteiger partial charge is 0.481 e. The Bertz CT molecular complexity index is 898. The van der Waals surface area contributed by atoms with Gasteiger partial charge in [-0.15, -0.1) is 0 Å². The zero-order valence-electron chi connectivity index (χ0n) is 29.9. The summed E-state index contributed by atoms with van der Waals surface area (Å²) >= 11 is 0. The van der Waals surface area contributed by atoms with Gasteiger partial charge in [0.25, 0.3) is 0 Å². The quantitative estimate of drug-likeness (QED) is 0.261. The van der Waals surface area contributed by atoms with Crippen molar-refractivity contribution in [3.8, 4) is 0 Å². The summed E-state index contributed by atoms with van der Waals surface area (Å²) in [4.78, 5) is 21.4. The number of rotatable bonds is 10. The first kappa shape index (κ1) is 36.4. The van der Waals surface area contributed by atoms with Crippen molar-refractivity contribution in [2.75, 3.05) is 0 Å². The van der Waals surface area contributed by atoms with Crippen LogP contribution < -0.4 is 0 Å². The molecule has 0 aromatic rings. The highest BCUT2D eigenvalue weighted by Crippen LogP contribution is 2.75. The molecule has 4 heteroatoms. The molecule has 0 aromatic heterocycles. The molecule has 8 aliphatic rings. The summed E-state index contributed by atoms with van der Waals surface area (Å²) in [5.41, 5.74) is 1.79. The number of carboxylic acids is 2. The topological polar surface area (TPSA) is 74.6 Å². The Labute approximate surface area is 266 Å². The lowest BCUT2D eigenvalue weighted by atomic mass is 9.34. The highest BCUT2D eigenvalue weighted by atomic mass is 16.4. The number of carboxylic acid groups (broad SMARTS) is 2. The second-order valence-corrected chi connectivity index (χ2v) is 18.9. The second-order valence-electron chi connectivity index (χ2n) is 18.9. The molecule has 0 aliphatic heterocycles. The Balaban J connectivity index is 0.000000158. The fourth-order valence-corrected chi connectivity index (χ4v) is 10.7. The van der Waals surface area contributed by atoms with Crippen LogP contribution in [0.25, 0.3) is 0 Å². The molecular weight excluding hydrogens is 532 g/mol. The zero-order chi connectivity index (χ0) is 32.4. The molecule has 0 amide bonds. The van der Waals surface area contributed by atoms with E-state index in [0.717, 1.165) is 78.9 Å². The van der Waals surface area contributed by atoms with E-state index in [2.05, 4.69) is 69.2 Å². The molecule has 0 heterocycles. The fraction of sp³-hybridized carbons (Fsp3) is 0.949. The van der Waals surface area contributed by atoms with Crippen molar-refractivity contribution in [3.05, 3.63) is 0 Å². The maximum absolute atomic E-state index is 11.0. The number of carbonyl (C=O) groups is 2. The Kier molecular flexibility index (Phi) is 12.0. The Morgan fingerprint density at radius 1 is 0.698 bits per heavy atom. The molecule has 0 spiro atoms. The van der Waals surface area contributed by atoms with Gasteiger partial charge in [-0.05, 0) is 148 Å². The summed E-state index contributed by atoms with van der Waals surface area (Å²) in [5, 5.41) is 17.6. The minimum absolute atomic E-state index is 0.0289. The predicted molar refractivity (Wildman–Crippen MR) is 179 cm³/mol. The van der Waals surface area contributed by atoms with Crippen LogP contribution in [-0.2, 0) is 9.59 Å². The monoisotopic (exact) mass is 603 g/mol. The highest BCUT2D eigenvalue weighted by Gasteiger charge is 2.65. The lowest BCUT2D eigenvalue weighted by molar-refractivity contribution is -0.199. The van der Waals surface area contributed by atoms with E-state index in [0.29, 0.717) is 17.3 Å². The molecule has 43 heavy (non-hydrogen) atoms.